The summed E-state index contributed by atoms with van der Waals surface area (Å²) in [6.45, 7) is 6.24. The third-order valence-corrected chi connectivity index (χ3v) is 4.98. The second-order valence-corrected chi connectivity index (χ2v) is 7.30. The van der Waals surface area contributed by atoms with E-state index in [4.69, 9.17) is 0 Å². The molecule has 2 amide bonds. The molecule has 0 radical (unpaired) electrons. The summed E-state index contributed by atoms with van der Waals surface area (Å²) in [5, 5.41) is 13.1. The van der Waals surface area contributed by atoms with Crippen LogP contribution in [0.5, 0.6) is 0 Å². The molecule has 7 heteroatoms. The van der Waals surface area contributed by atoms with Gasteiger partial charge in [0.2, 0.25) is 0 Å². The Morgan fingerprint density at radius 3 is 2.82 bits per heavy atom. The van der Waals surface area contributed by atoms with Gasteiger partial charge in [-0.2, -0.15) is 0 Å². The van der Waals surface area contributed by atoms with Gasteiger partial charge >= 0.3 is 6.03 Å². The van der Waals surface area contributed by atoms with Crippen molar-refractivity contribution in [3.05, 3.63) is 23.5 Å². The summed E-state index contributed by atoms with van der Waals surface area (Å²) in [6, 6.07) is 2.87. The molecule has 118 valence electrons. The van der Waals surface area contributed by atoms with Crippen LogP contribution in [0.4, 0.5) is 14.3 Å². The molecular formula is C15H18FN3O2S. The number of hydrogen-bond donors (Lipinski definition) is 2. The molecule has 2 aromatic rings. The van der Waals surface area contributed by atoms with Crippen LogP contribution in [0.3, 0.4) is 0 Å². The number of carbonyl (C=O) groups excluding carboxylic acids is 1. The second kappa shape index (κ2) is 5.17. The molecule has 0 aliphatic carbocycles. The van der Waals surface area contributed by atoms with Crippen LogP contribution in [-0.4, -0.2) is 39.7 Å². The Hall–Kier alpha value is -1.73. The molecule has 3 rings (SSSR count). The van der Waals surface area contributed by atoms with Crippen molar-refractivity contribution in [3.8, 4) is 0 Å². The van der Waals surface area contributed by atoms with E-state index in [0.29, 0.717) is 29.3 Å². The van der Waals surface area contributed by atoms with Crippen molar-refractivity contribution in [2.75, 3.05) is 18.4 Å². The first kappa shape index (κ1) is 15.2. The molecule has 1 saturated heterocycles. The van der Waals surface area contributed by atoms with Crippen LogP contribution in [-0.2, 0) is 0 Å². The Labute approximate surface area is 131 Å². The minimum Gasteiger partial charge on any atom is -0.390 e. The number of carbonyl (C=O) groups is 1. The van der Waals surface area contributed by atoms with E-state index in [-0.39, 0.29) is 17.8 Å². The van der Waals surface area contributed by atoms with E-state index in [2.05, 4.69) is 10.3 Å². The van der Waals surface area contributed by atoms with Gasteiger partial charge in [-0.15, -0.1) is 0 Å². The number of aromatic nitrogens is 1. The van der Waals surface area contributed by atoms with Gasteiger partial charge in [0.1, 0.15) is 5.82 Å². The fourth-order valence-electron chi connectivity index (χ4n) is 2.37. The molecule has 2 heterocycles. The molecule has 0 spiro atoms. The number of amides is 2. The fourth-order valence-corrected chi connectivity index (χ4v) is 3.30. The zero-order valence-corrected chi connectivity index (χ0v) is 13.5. The third-order valence-electron chi connectivity index (χ3n) is 4.05. The Morgan fingerprint density at radius 1 is 1.50 bits per heavy atom. The summed E-state index contributed by atoms with van der Waals surface area (Å²) in [5.74, 6) is -0.211. The molecular weight excluding hydrogens is 305 g/mol. The number of likely N-dealkylation sites (tertiary alicyclic amines) is 1. The predicted molar refractivity (Wildman–Crippen MR) is 84.7 cm³/mol. The molecule has 2 N–H and O–H groups in total. The van der Waals surface area contributed by atoms with Crippen molar-refractivity contribution in [2.45, 2.75) is 26.4 Å². The number of hydrogen-bond acceptors (Lipinski definition) is 4. The first-order valence-corrected chi connectivity index (χ1v) is 7.90. The zero-order valence-electron chi connectivity index (χ0n) is 12.7. The van der Waals surface area contributed by atoms with Gasteiger partial charge in [-0.3, -0.25) is 5.32 Å². The Bertz CT molecular complexity index is 693. The molecule has 0 saturated carbocycles. The van der Waals surface area contributed by atoms with Crippen molar-refractivity contribution in [1.29, 1.82) is 0 Å². The largest absolute Gasteiger partial charge is 0.390 e. The van der Waals surface area contributed by atoms with Crippen molar-refractivity contribution >= 4 is 32.7 Å². The van der Waals surface area contributed by atoms with Crippen LogP contribution in [0.25, 0.3) is 10.2 Å². The average molecular weight is 323 g/mol. The highest BCUT2D eigenvalue weighted by Gasteiger charge is 2.39. The summed E-state index contributed by atoms with van der Waals surface area (Å²) >= 11 is 1.32. The number of fused-ring (bicyclic) bond motifs is 1. The van der Waals surface area contributed by atoms with Gasteiger partial charge < -0.3 is 10.0 Å². The summed E-state index contributed by atoms with van der Waals surface area (Å²) in [7, 11) is 0. The highest BCUT2D eigenvalue weighted by molar-refractivity contribution is 7.22. The van der Waals surface area contributed by atoms with E-state index >= 15 is 0 Å². The third kappa shape index (κ3) is 2.78. The number of urea groups is 1. The number of nitrogens with one attached hydrogen (secondary N) is 1. The van der Waals surface area contributed by atoms with Gasteiger partial charge in [0.05, 0.1) is 15.8 Å². The Morgan fingerprint density at radius 2 is 2.18 bits per heavy atom. The maximum atomic E-state index is 13.5. The number of nitrogens with zero attached hydrogens (tertiary/aromatic N) is 2. The van der Waals surface area contributed by atoms with E-state index < -0.39 is 5.60 Å². The second-order valence-electron chi connectivity index (χ2n) is 6.27. The van der Waals surface area contributed by atoms with E-state index in [1.54, 1.807) is 31.7 Å². The molecule has 1 fully saturated rings. The lowest BCUT2D eigenvalue weighted by molar-refractivity contribution is -0.0440. The smallest absolute Gasteiger partial charge is 0.323 e. The summed E-state index contributed by atoms with van der Waals surface area (Å²) in [4.78, 5) is 18.0. The number of thiazole rings is 1. The van der Waals surface area contributed by atoms with E-state index in [1.807, 2.05) is 0 Å². The minimum atomic E-state index is -0.776. The standard InChI is InChI=1S/C15H18FN3O2S/c1-8-4-12-11(5-10(8)16)17-13(22-12)18-14(20)19-6-9(7-19)15(2,3)21/h4-5,9,21H,6-7H2,1-3H3,(H,17,18,20). The number of anilines is 1. The Kier molecular flexibility index (Phi) is 3.57. The van der Waals surface area contributed by atoms with Crippen LogP contribution in [0.2, 0.25) is 0 Å². The van der Waals surface area contributed by atoms with Crippen molar-refractivity contribution in [1.82, 2.24) is 9.88 Å². The van der Waals surface area contributed by atoms with E-state index in [9.17, 15) is 14.3 Å². The summed E-state index contributed by atoms with van der Waals surface area (Å²) < 4.78 is 14.4. The predicted octanol–water partition coefficient (Wildman–Crippen LogP) is 2.98. The fraction of sp³-hybridized carbons (Fsp3) is 0.467. The van der Waals surface area contributed by atoms with Crippen LogP contribution < -0.4 is 5.32 Å². The number of aliphatic hydroxyl groups is 1. The van der Waals surface area contributed by atoms with Gasteiger partial charge in [0.15, 0.2) is 5.13 Å². The summed E-state index contributed by atoms with van der Waals surface area (Å²) in [6.07, 6.45) is 0. The molecule has 1 aromatic carbocycles. The highest BCUT2D eigenvalue weighted by atomic mass is 32.1. The molecule has 1 aliphatic rings. The molecule has 0 atom stereocenters. The number of halogens is 1. The number of aryl methyl sites for hydroxylation is 1. The summed E-state index contributed by atoms with van der Waals surface area (Å²) in [5.41, 5.74) is 0.327. The average Bonchev–Trinajstić information content (AvgIpc) is 2.66. The monoisotopic (exact) mass is 323 g/mol. The van der Waals surface area contributed by atoms with Crippen LogP contribution in [0.1, 0.15) is 19.4 Å². The van der Waals surface area contributed by atoms with E-state index in [0.717, 1.165) is 4.70 Å². The normalized spacial score (nSPS) is 16.0. The highest BCUT2D eigenvalue weighted by Crippen LogP contribution is 2.30. The number of benzene rings is 1. The molecule has 5 nitrogen and oxygen atoms in total. The van der Waals surface area contributed by atoms with Gasteiger partial charge in [-0.05, 0) is 32.4 Å². The van der Waals surface area contributed by atoms with Crippen LogP contribution in [0.15, 0.2) is 12.1 Å². The number of rotatable bonds is 2. The van der Waals surface area contributed by atoms with Crippen molar-refractivity contribution in [3.63, 3.8) is 0 Å². The molecule has 1 aliphatic heterocycles. The van der Waals surface area contributed by atoms with Gasteiger partial charge in [-0.1, -0.05) is 11.3 Å². The SMILES string of the molecule is Cc1cc2sc(NC(=O)N3CC(C(C)(C)O)C3)nc2cc1F. The molecule has 22 heavy (non-hydrogen) atoms. The van der Waals surface area contributed by atoms with Gasteiger partial charge in [0.25, 0.3) is 0 Å². The topological polar surface area (TPSA) is 65.5 Å². The van der Waals surface area contributed by atoms with Crippen molar-refractivity contribution < 1.29 is 14.3 Å². The lowest BCUT2D eigenvalue weighted by atomic mass is 9.85. The van der Waals surface area contributed by atoms with Gasteiger partial charge in [-0.25, -0.2) is 14.2 Å². The molecule has 0 unspecified atom stereocenters. The Balaban J connectivity index is 1.68. The first-order valence-electron chi connectivity index (χ1n) is 7.09. The maximum absolute atomic E-state index is 13.5. The van der Waals surface area contributed by atoms with E-state index in [1.165, 1.54) is 17.4 Å². The van der Waals surface area contributed by atoms with Crippen LogP contribution >= 0.6 is 11.3 Å². The zero-order chi connectivity index (χ0) is 16.1. The lowest BCUT2D eigenvalue weighted by Crippen LogP contribution is -2.58. The molecule has 1 aromatic heterocycles. The maximum Gasteiger partial charge on any atom is 0.323 e. The molecule has 0 bridgehead atoms. The van der Waals surface area contributed by atoms with Gasteiger partial charge in [0, 0.05) is 25.1 Å². The first-order chi connectivity index (χ1) is 10.2. The van der Waals surface area contributed by atoms with Crippen molar-refractivity contribution in [2.24, 2.45) is 5.92 Å². The lowest BCUT2D eigenvalue weighted by Gasteiger charge is -2.44. The quantitative estimate of drug-likeness (QED) is 0.893. The minimum absolute atomic E-state index is 0.0883. The van der Waals surface area contributed by atoms with Crippen LogP contribution in [0, 0.1) is 18.7 Å².